The summed E-state index contributed by atoms with van der Waals surface area (Å²) in [6.45, 7) is 10.9. The molecule has 0 aromatic carbocycles. The van der Waals surface area contributed by atoms with E-state index in [1.807, 2.05) is 0 Å². The Hall–Kier alpha value is 0.375. The molecule has 12 heavy (non-hydrogen) atoms. The van der Waals surface area contributed by atoms with Crippen LogP contribution in [0.15, 0.2) is 0 Å². The summed E-state index contributed by atoms with van der Waals surface area (Å²) in [7, 11) is 4.22. The second kappa shape index (κ2) is 4.06. The van der Waals surface area contributed by atoms with Gasteiger partial charge in [-0.15, -0.1) is 0 Å². The van der Waals surface area contributed by atoms with Crippen LogP contribution in [0.25, 0.3) is 0 Å². The summed E-state index contributed by atoms with van der Waals surface area (Å²) < 4.78 is 0.0980. The molecule has 0 atom stereocenters. The van der Waals surface area contributed by atoms with Crippen LogP contribution in [0, 0.1) is 0 Å². The Kier molecular flexibility index (Phi) is 4.18. The van der Waals surface area contributed by atoms with Crippen molar-refractivity contribution in [3.63, 3.8) is 0 Å². The molecule has 0 spiro atoms. The summed E-state index contributed by atoms with van der Waals surface area (Å²) in [5.74, 6) is 0. The van der Waals surface area contributed by atoms with Gasteiger partial charge in [0.1, 0.15) is 0 Å². The molecule has 0 bridgehead atoms. The zero-order chi connectivity index (χ0) is 9.99. The van der Waals surface area contributed by atoms with Crippen molar-refractivity contribution in [2.24, 2.45) is 0 Å². The van der Waals surface area contributed by atoms with Crippen LogP contribution in [0.1, 0.15) is 34.1 Å². The molecule has 1 radical (unpaired) electrons. The topological polar surface area (TPSA) is 3.24 Å². The number of hydrogen-bond acceptors (Lipinski definition) is 2. The summed E-state index contributed by atoms with van der Waals surface area (Å²) >= 11 is 4.54. The fraction of sp³-hybridized carbons (Fsp3) is 1.00. The molecule has 0 aliphatic heterocycles. The third kappa shape index (κ3) is 4.41. The van der Waals surface area contributed by atoms with Gasteiger partial charge in [-0.3, -0.25) is 0 Å². The van der Waals surface area contributed by atoms with Crippen molar-refractivity contribution < 1.29 is 0 Å². The van der Waals surface area contributed by atoms with E-state index in [2.05, 4.69) is 66.4 Å². The minimum absolute atomic E-state index is 0.0980. The van der Waals surface area contributed by atoms with Gasteiger partial charge in [0.05, 0.1) is 0 Å². The monoisotopic (exact) mass is 186 g/mol. The second-order valence-corrected chi connectivity index (χ2v) is 5.88. The molecule has 0 heterocycles. The molecule has 1 nitrogen and oxygen atoms in total. The summed E-state index contributed by atoms with van der Waals surface area (Å²) in [4.78, 5) is 2.24. The van der Waals surface area contributed by atoms with E-state index in [1.165, 1.54) is 0 Å². The van der Waals surface area contributed by atoms with Crippen LogP contribution in [0.3, 0.4) is 0 Å². The fourth-order valence-corrected chi connectivity index (χ4v) is 1.92. The highest BCUT2D eigenvalue weighted by Crippen LogP contribution is 2.28. The molecule has 3 heteroatoms. The fourth-order valence-electron chi connectivity index (χ4n) is 1.53. The van der Waals surface area contributed by atoms with Gasteiger partial charge in [0.2, 0.25) is 7.41 Å². The predicted molar refractivity (Wildman–Crippen MR) is 61.1 cm³/mol. The van der Waals surface area contributed by atoms with Crippen LogP contribution in [-0.4, -0.2) is 29.6 Å². The highest BCUT2D eigenvalue weighted by molar-refractivity contribution is 7.81. The van der Waals surface area contributed by atoms with E-state index in [4.69, 9.17) is 0 Å². The lowest BCUT2D eigenvalue weighted by molar-refractivity contribution is 0.236. The molecule has 0 fully saturated rings. The minimum atomic E-state index is 0.0980. The maximum atomic E-state index is 4.54. The van der Waals surface area contributed by atoms with Crippen LogP contribution in [0.2, 0.25) is 6.82 Å². The van der Waals surface area contributed by atoms with E-state index in [0.717, 1.165) is 6.42 Å². The third-order valence-electron chi connectivity index (χ3n) is 2.21. The van der Waals surface area contributed by atoms with Crippen molar-refractivity contribution >= 4 is 20.0 Å². The number of hydrogen-bond donors (Lipinski definition) is 1. The van der Waals surface area contributed by atoms with E-state index in [1.54, 1.807) is 0 Å². The Morgan fingerprint density at radius 1 is 1.25 bits per heavy atom. The molecule has 0 saturated carbocycles. The normalized spacial score (nSPS) is 13.7. The van der Waals surface area contributed by atoms with Crippen LogP contribution >= 0.6 is 12.6 Å². The van der Waals surface area contributed by atoms with E-state index >= 15 is 0 Å². The Balaban J connectivity index is 4.22. The van der Waals surface area contributed by atoms with Crippen LogP contribution in [-0.2, 0) is 0 Å². The summed E-state index contributed by atoms with van der Waals surface area (Å²) in [5, 5.41) is 0. The molecule has 0 rings (SSSR count). The zero-order valence-corrected chi connectivity index (χ0v) is 10.1. The summed E-state index contributed by atoms with van der Waals surface area (Å²) in [6.07, 6.45) is 1.07. The zero-order valence-electron chi connectivity index (χ0n) is 9.18. The first-order valence-corrected chi connectivity index (χ1v) is 4.88. The van der Waals surface area contributed by atoms with E-state index in [0.29, 0.717) is 0 Å². The quantitative estimate of drug-likeness (QED) is 0.521. The molecule has 0 saturated heterocycles. The maximum Gasteiger partial charge on any atom is 0.205 e. The molecule has 0 N–H and O–H groups in total. The van der Waals surface area contributed by atoms with Gasteiger partial charge in [-0.05, 0) is 27.3 Å². The van der Waals surface area contributed by atoms with Gasteiger partial charge in [-0.1, -0.05) is 20.7 Å². The van der Waals surface area contributed by atoms with E-state index in [-0.39, 0.29) is 10.3 Å². The molecule has 0 unspecified atom stereocenters. The van der Waals surface area contributed by atoms with Crippen LogP contribution < -0.4 is 0 Å². The minimum Gasteiger partial charge on any atom is -0.345 e. The lowest BCUT2D eigenvalue weighted by Gasteiger charge is -2.39. The van der Waals surface area contributed by atoms with Crippen molar-refractivity contribution in [2.75, 3.05) is 7.05 Å². The van der Waals surface area contributed by atoms with Crippen molar-refractivity contribution in [2.45, 2.75) is 51.2 Å². The average molecular weight is 186 g/mol. The van der Waals surface area contributed by atoms with Gasteiger partial charge < -0.3 is 4.81 Å². The standard InChI is InChI=1S/C9H21BNS/c1-8(2,11(6)10-5)7-9(3,4)12/h12H,7H2,1-6H3. The third-order valence-corrected chi connectivity index (χ3v) is 2.37. The van der Waals surface area contributed by atoms with Crippen LogP contribution in [0.4, 0.5) is 0 Å². The number of nitrogens with zero attached hydrogens (tertiary/aromatic N) is 1. The van der Waals surface area contributed by atoms with Gasteiger partial charge >= 0.3 is 0 Å². The molecular weight excluding hydrogens is 165 g/mol. The molecule has 0 aromatic rings. The lowest BCUT2D eigenvalue weighted by atomic mass is 9.83. The van der Waals surface area contributed by atoms with Crippen molar-refractivity contribution in [3.05, 3.63) is 0 Å². The first-order chi connectivity index (χ1) is 5.19. The predicted octanol–water partition coefficient (Wildman–Crippen LogP) is 2.46. The van der Waals surface area contributed by atoms with Gasteiger partial charge in [-0.25, -0.2) is 0 Å². The van der Waals surface area contributed by atoms with Crippen LogP contribution in [0.5, 0.6) is 0 Å². The molecule has 0 aromatic heterocycles. The molecule has 0 amide bonds. The van der Waals surface area contributed by atoms with E-state index in [9.17, 15) is 0 Å². The first-order valence-electron chi connectivity index (χ1n) is 4.44. The Labute approximate surface area is 83.6 Å². The largest absolute Gasteiger partial charge is 0.345 e. The molecule has 0 aliphatic carbocycles. The Morgan fingerprint density at radius 2 is 1.67 bits per heavy atom. The van der Waals surface area contributed by atoms with Crippen molar-refractivity contribution in [1.82, 2.24) is 4.81 Å². The highest BCUT2D eigenvalue weighted by Gasteiger charge is 2.28. The SMILES string of the molecule is C[B]N(C)C(C)(C)CC(C)(C)S. The summed E-state index contributed by atoms with van der Waals surface area (Å²) in [5.41, 5.74) is 0.194. The van der Waals surface area contributed by atoms with Crippen molar-refractivity contribution in [1.29, 1.82) is 0 Å². The molecular formula is C9H21BNS. The second-order valence-electron chi connectivity index (χ2n) is 4.67. The number of thiol groups is 1. The summed E-state index contributed by atoms with van der Waals surface area (Å²) in [6, 6.07) is 0. The molecule has 0 aliphatic rings. The van der Waals surface area contributed by atoms with Gasteiger partial charge in [-0.2, -0.15) is 12.6 Å². The van der Waals surface area contributed by atoms with Gasteiger partial charge in [0, 0.05) is 10.3 Å². The highest BCUT2D eigenvalue weighted by atomic mass is 32.1. The first kappa shape index (κ1) is 12.4. The maximum absolute atomic E-state index is 4.54. The van der Waals surface area contributed by atoms with Gasteiger partial charge in [0.15, 0.2) is 0 Å². The smallest absolute Gasteiger partial charge is 0.205 e. The Morgan fingerprint density at radius 3 is 1.92 bits per heavy atom. The lowest BCUT2D eigenvalue weighted by Crippen LogP contribution is -2.45. The van der Waals surface area contributed by atoms with E-state index < -0.39 is 0 Å². The van der Waals surface area contributed by atoms with Gasteiger partial charge in [0.25, 0.3) is 0 Å². The Bertz CT molecular complexity index is 140. The average Bonchev–Trinajstić information content (AvgIpc) is 1.80. The van der Waals surface area contributed by atoms with Crippen molar-refractivity contribution in [3.8, 4) is 0 Å². The number of rotatable bonds is 4. The molecule has 71 valence electrons.